The van der Waals surface area contributed by atoms with Gasteiger partial charge in [-0.1, -0.05) is 6.07 Å². The minimum absolute atomic E-state index is 0.0177. The zero-order valence-corrected chi connectivity index (χ0v) is 13.2. The maximum Gasteiger partial charge on any atom is 0.235 e. The number of fused-ring (bicyclic) bond motifs is 1. The predicted molar refractivity (Wildman–Crippen MR) is 86.1 cm³/mol. The highest BCUT2D eigenvalue weighted by atomic mass is 16.5. The summed E-state index contributed by atoms with van der Waals surface area (Å²) in [4.78, 5) is 22.9. The van der Waals surface area contributed by atoms with Crippen LogP contribution in [0.25, 0.3) is 11.0 Å². The van der Waals surface area contributed by atoms with Gasteiger partial charge in [-0.25, -0.2) is 0 Å². The second kappa shape index (κ2) is 6.96. The first-order valence-electron chi connectivity index (χ1n) is 7.27. The predicted octanol–water partition coefficient (Wildman–Crippen LogP) is 1.72. The van der Waals surface area contributed by atoms with Crippen LogP contribution >= 0.6 is 0 Å². The van der Waals surface area contributed by atoms with Gasteiger partial charge in [-0.3, -0.25) is 4.79 Å². The molecule has 1 aromatic heterocycles. The summed E-state index contributed by atoms with van der Waals surface area (Å²) in [5.41, 5.74) is -0.116. The van der Waals surface area contributed by atoms with E-state index in [9.17, 15) is 14.7 Å². The number of carbonyl (C=O) groups excluding carboxylic acids is 1. The topological polar surface area (TPSA) is 98.0 Å². The average Bonchev–Trinajstić information content (AvgIpc) is 2.62. The van der Waals surface area contributed by atoms with E-state index in [0.29, 0.717) is 11.5 Å². The van der Waals surface area contributed by atoms with E-state index < -0.39 is 12.6 Å². The lowest BCUT2D eigenvalue weighted by Crippen LogP contribution is -2.28. The molecule has 0 spiro atoms. The van der Waals surface area contributed by atoms with E-state index in [1.807, 2.05) is 0 Å². The Morgan fingerprint density at radius 1 is 1.12 bits per heavy atom. The van der Waals surface area contributed by atoms with Crippen molar-refractivity contribution in [2.24, 2.45) is 0 Å². The quantitative estimate of drug-likeness (QED) is 0.673. The standard InChI is InChI=1S/C18H14O7/c1-22-11-3-2-4-13(7-11)25-16-9-24-15-8-12(23-10-17(19)20)5-6-14(15)18(16)21/h2-9H,10H2,1H3,(H,19,20)/p-1. The summed E-state index contributed by atoms with van der Waals surface area (Å²) in [6.45, 7) is -0.591. The maximum absolute atomic E-state index is 12.5. The third-order valence-electron chi connectivity index (χ3n) is 3.34. The molecule has 0 fully saturated rings. The molecule has 0 aliphatic heterocycles. The highest BCUT2D eigenvalue weighted by Crippen LogP contribution is 2.26. The lowest BCUT2D eigenvalue weighted by Gasteiger charge is -2.09. The number of hydrogen-bond acceptors (Lipinski definition) is 7. The third-order valence-corrected chi connectivity index (χ3v) is 3.34. The van der Waals surface area contributed by atoms with E-state index in [1.54, 1.807) is 24.3 Å². The fourth-order valence-electron chi connectivity index (χ4n) is 2.19. The number of carboxylic acids is 1. The summed E-state index contributed by atoms with van der Waals surface area (Å²) in [6, 6.07) is 11.2. The van der Waals surface area contributed by atoms with Crippen LogP contribution in [0.3, 0.4) is 0 Å². The normalized spacial score (nSPS) is 10.4. The van der Waals surface area contributed by atoms with Crippen molar-refractivity contribution in [2.75, 3.05) is 13.7 Å². The molecule has 3 aromatic rings. The van der Waals surface area contributed by atoms with Crippen LogP contribution in [0.15, 0.2) is 57.9 Å². The van der Waals surface area contributed by atoms with Gasteiger partial charge in [0.25, 0.3) is 0 Å². The van der Waals surface area contributed by atoms with E-state index in [1.165, 1.54) is 31.6 Å². The van der Waals surface area contributed by atoms with Crippen LogP contribution in [0, 0.1) is 0 Å². The largest absolute Gasteiger partial charge is 0.546 e. The smallest absolute Gasteiger partial charge is 0.235 e. The van der Waals surface area contributed by atoms with E-state index in [0.717, 1.165) is 0 Å². The summed E-state index contributed by atoms with van der Waals surface area (Å²) in [5.74, 6) is -0.0497. The fourth-order valence-corrected chi connectivity index (χ4v) is 2.19. The lowest BCUT2D eigenvalue weighted by molar-refractivity contribution is -0.307. The Morgan fingerprint density at radius 2 is 1.92 bits per heavy atom. The lowest BCUT2D eigenvalue weighted by atomic mass is 10.2. The van der Waals surface area contributed by atoms with Gasteiger partial charge >= 0.3 is 0 Å². The van der Waals surface area contributed by atoms with Gasteiger partial charge in [0.05, 0.1) is 18.5 Å². The van der Waals surface area contributed by atoms with Gasteiger partial charge in [-0.15, -0.1) is 0 Å². The second-order valence-electron chi connectivity index (χ2n) is 5.03. The Morgan fingerprint density at radius 3 is 2.68 bits per heavy atom. The number of methoxy groups -OCH3 is 1. The molecule has 0 N–H and O–H groups in total. The van der Waals surface area contributed by atoms with Gasteiger partial charge < -0.3 is 28.5 Å². The highest BCUT2D eigenvalue weighted by Gasteiger charge is 2.10. The molecular weight excluding hydrogens is 328 g/mol. The number of carbonyl (C=O) groups is 1. The van der Waals surface area contributed by atoms with Crippen LogP contribution in [0.2, 0.25) is 0 Å². The van der Waals surface area contributed by atoms with Crippen LogP contribution in [0.5, 0.6) is 23.0 Å². The number of ether oxygens (including phenoxy) is 3. The molecule has 128 valence electrons. The number of benzene rings is 2. The van der Waals surface area contributed by atoms with E-state index >= 15 is 0 Å². The first kappa shape index (κ1) is 16.4. The molecule has 0 amide bonds. The Bertz CT molecular complexity index is 975. The van der Waals surface area contributed by atoms with E-state index in [4.69, 9.17) is 18.6 Å². The minimum Gasteiger partial charge on any atom is -0.546 e. The number of rotatable bonds is 6. The van der Waals surface area contributed by atoms with Crippen molar-refractivity contribution < 1.29 is 28.5 Å². The number of aliphatic carboxylic acids is 1. The molecule has 3 rings (SSSR count). The molecule has 1 heterocycles. The summed E-state index contributed by atoms with van der Waals surface area (Å²) in [5, 5.41) is 10.7. The van der Waals surface area contributed by atoms with Crippen molar-refractivity contribution >= 4 is 16.9 Å². The molecular formula is C18H13O7-. The van der Waals surface area contributed by atoms with Crippen molar-refractivity contribution in [2.45, 2.75) is 0 Å². The Balaban J connectivity index is 1.90. The maximum atomic E-state index is 12.5. The van der Waals surface area contributed by atoms with Gasteiger partial charge in [0.15, 0.2) is 0 Å². The zero-order chi connectivity index (χ0) is 17.8. The molecule has 2 aromatic carbocycles. The molecule has 0 saturated carbocycles. The summed E-state index contributed by atoms with van der Waals surface area (Å²) < 4.78 is 21.1. The molecule has 0 bridgehead atoms. The molecule has 0 radical (unpaired) electrons. The summed E-state index contributed by atoms with van der Waals surface area (Å²) in [7, 11) is 1.53. The Hall–Kier alpha value is -3.48. The average molecular weight is 341 g/mol. The van der Waals surface area contributed by atoms with Crippen molar-refractivity contribution in [3.8, 4) is 23.0 Å². The van der Waals surface area contributed by atoms with Crippen molar-refractivity contribution in [3.05, 3.63) is 59.0 Å². The zero-order valence-electron chi connectivity index (χ0n) is 13.2. The van der Waals surface area contributed by atoms with E-state index in [2.05, 4.69) is 0 Å². The summed E-state index contributed by atoms with van der Waals surface area (Å²) >= 11 is 0. The van der Waals surface area contributed by atoms with Crippen molar-refractivity contribution in [1.29, 1.82) is 0 Å². The fraction of sp³-hybridized carbons (Fsp3) is 0.111. The summed E-state index contributed by atoms with van der Waals surface area (Å²) in [6.07, 6.45) is 1.19. The Kier molecular flexibility index (Phi) is 4.56. The molecule has 7 nitrogen and oxygen atoms in total. The monoisotopic (exact) mass is 341 g/mol. The van der Waals surface area contributed by atoms with Crippen LogP contribution < -0.4 is 24.7 Å². The Labute approximate surface area is 142 Å². The first-order chi connectivity index (χ1) is 12.1. The molecule has 0 aliphatic rings. The molecule has 0 atom stereocenters. The molecule has 0 saturated heterocycles. The number of carboxylic acid groups (broad SMARTS) is 1. The molecule has 0 aliphatic carbocycles. The van der Waals surface area contributed by atoms with Gasteiger partial charge in [0.2, 0.25) is 11.2 Å². The first-order valence-corrected chi connectivity index (χ1v) is 7.27. The van der Waals surface area contributed by atoms with Crippen LogP contribution in [-0.4, -0.2) is 19.7 Å². The molecule has 25 heavy (non-hydrogen) atoms. The van der Waals surface area contributed by atoms with Gasteiger partial charge in [-0.05, 0) is 24.3 Å². The van der Waals surface area contributed by atoms with E-state index in [-0.39, 0.29) is 27.9 Å². The third kappa shape index (κ3) is 3.72. The molecule has 0 unspecified atom stereocenters. The molecule has 7 heteroatoms. The van der Waals surface area contributed by atoms with Gasteiger partial charge in [-0.2, -0.15) is 0 Å². The van der Waals surface area contributed by atoms with Gasteiger partial charge in [0.1, 0.15) is 35.7 Å². The SMILES string of the molecule is COc1cccc(Oc2coc3cc(OCC(=O)[O-])ccc3c2=O)c1. The van der Waals surface area contributed by atoms with Crippen LogP contribution in [0.1, 0.15) is 0 Å². The second-order valence-corrected chi connectivity index (χ2v) is 5.03. The van der Waals surface area contributed by atoms with Crippen molar-refractivity contribution in [1.82, 2.24) is 0 Å². The van der Waals surface area contributed by atoms with Crippen LogP contribution in [-0.2, 0) is 4.79 Å². The minimum atomic E-state index is -1.34. The van der Waals surface area contributed by atoms with Gasteiger partial charge in [0, 0.05) is 12.1 Å². The van der Waals surface area contributed by atoms with Crippen LogP contribution in [0.4, 0.5) is 0 Å². The highest BCUT2D eigenvalue weighted by molar-refractivity contribution is 5.79. The van der Waals surface area contributed by atoms with Crippen molar-refractivity contribution in [3.63, 3.8) is 0 Å². The number of hydrogen-bond donors (Lipinski definition) is 0.